The van der Waals surface area contributed by atoms with Crippen LogP contribution in [0.1, 0.15) is 38.7 Å². The summed E-state index contributed by atoms with van der Waals surface area (Å²) in [6.07, 6.45) is 3.29. The lowest BCUT2D eigenvalue weighted by molar-refractivity contribution is 0.0731. The van der Waals surface area contributed by atoms with Crippen LogP contribution < -0.4 is 5.32 Å². The van der Waals surface area contributed by atoms with Crippen LogP contribution in [0.3, 0.4) is 0 Å². The Morgan fingerprint density at radius 2 is 1.93 bits per heavy atom. The fraction of sp³-hybridized carbons (Fsp3) is 0.318. The van der Waals surface area contributed by atoms with E-state index in [2.05, 4.69) is 22.4 Å². The van der Waals surface area contributed by atoms with Crippen LogP contribution in [-0.4, -0.2) is 52.9 Å². The number of imidazole rings is 1. The lowest BCUT2D eigenvalue weighted by Gasteiger charge is -2.28. The standard InChI is InChI=1S/C22H24N4O3/c1-29-14-6-11-23-21(27)20-24-19(18-9-4-5-12-26(18)20)22(28)25-13-10-16-7-2-3-8-17(16)15-25/h2-5,7-9,12H,6,10-11,13-15H2,1H3,(H,23,27). The Labute approximate surface area is 169 Å². The highest BCUT2D eigenvalue weighted by molar-refractivity contribution is 6.02. The largest absolute Gasteiger partial charge is 0.385 e. The number of rotatable bonds is 6. The van der Waals surface area contributed by atoms with Gasteiger partial charge >= 0.3 is 0 Å². The predicted octanol–water partition coefficient (Wildman–Crippen LogP) is 2.30. The molecule has 4 rings (SSSR count). The smallest absolute Gasteiger partial charge is 0.287 e. The van der Waals surface area contributed by atoms with Crippen LogP contribution >= 0.6 is 0 Å². The Morgan fingerprint density at radius 1 is 1.14 bits per heavy atom. The molecule has 7 nitrogen and oxygen atoms in total. The molecule has 7 heteroatoms. The number of carbonyl (C=O) groups excluding carboxylic acids is 2. The van der Waals surface area contributed by atoms with E-state index in [1.165, 1.54) is 5.56 Å². The monoisotopic (exact) mass is 392 g/mol. The molecular weight excluding hydrogens is 368 g/mol. The molecule has 2 amide bonds. The van der Waals surface area contributed by atoms with Crippen molar-refractivity contribution in [1.29, 1.82) is 0 Å². The van der Waals surface area contributed by atoms with Crippen LogP contribution in [0.15, 0.2) is 48.7 Å². The highest BCUT2D eigenvalue weighted by atomic mass is 16.5. The van der Waals surface area contributed by atoms with Gasteiger partial charge in [-0.15, -0.1) is 0 Å². The van der Waals surface area contributed by atoms with Gasteiger partial charge in [-0.25, -0.2) is 4.98 Å². The number of hydrogen-bond donors (Lipinski definition) is 1. The molecule has 3 heterocycles. The van der Waals surface area contributed by atoms with Crippen molar-refractivity contribution in [2.45, 2.75) is 19.4 Å². The van der Waals surface area contributed by atoms with Crippen LogP contribution in [-0.2, 0) is 17.7 Å². The number of hydrogen-bond acceptors (Lipinski definition) is 4. The molecule has 0 fully saturated rings. The molecule has 3 aromatic rings. The zero-order valence-electron chi connectivity index (χ0n) is 16.4. The SMILES string of the molecule is COCCCNC(=O)c1nc(C(=O)N2CCc3ccccc3C2)c2ccccn12. The fourth-order valence-electron chi connectivity index (χ4n) is 3.67. The first-order valence-electron chi connectivity index (χ1n) is 9.79. The normalized spacial score (nSPS) is 13.3. The quantitative estimate of drug-likeness (QED) is 0.653. The first-order chi connectivity index (χ1) is 14.2. The molecule has 0 radical (unpaired) electrons. The topological polar surface area (TPSA) is 75.9 Å². The highest BCUT2D eigenvalue weighted by Gasteiger charge is 2.27. The molecule has 1 N–H and O–H groups in total. The molecule has 0 bridgehead atoms. The Kier molecular flexibility index (Phi) is 5.57. The van der Waals surface area contributed by atoms with Crippen molar-refractivity contribution in [1.82, 2.24) is 19.6 Å². The summed E-state index contributed by atoms with van der Waals surface area (Å²) in [7, 11) is 1.63. The minimum Gasteiger partial charge on any atom is -0.385 e. The zero-order valence-corrected chi connectivity index (χ0v) is 16.4. The second kappa shape index (κ2) is 8.45. The van der Waals surface area contributed by atoms with Crippen LogP contribution in [0.25, 0.3) is 5.52 Å². The van der Waals surface area contributed by atoms with E-state index in [1.54, 1.807) is 22.6 Å². The average molecular weight is 392 g/mol. The van der Waals surface area contributed by atoms with Crippen molar-refractivity contribution in [3.63, 3.8) is 0 Å². The van der Waals surface area contributed by atoms with Crippen LogP contribution in [0.5, 0.6) is 0 Å². The summed E-state index contributed by atoms with van der Waals surface area (Å²) in [5.41, 5.74) is 3.39. The van der Waals surface area contributed by atoms with Gasteiger partial charge < -0.3 is 15.0 Å². The van der Waals surface area contributed by atoms with E-state index in [0.717, 1.165) is 12.0 Å². The number of pyridine rings is 1. The summed E-state index contributed by atoms with van der Waals surface area (Å²) in [6, 6.07) is 13.7. The third-order valence-electron chi connectivity index (χ3n) is 5.18. The number of methoxy groups -OCH3 is 1. The Hall–Kier alpha value is -3.19. The molecule has 29 heavy (non-hydrogen) atoms. The lowest BCUT2D eigenvalue weighted by Crippen LogP contribution is -2.36. The Bertz CT molecular complexity index is 1040. The molecule has 2 aromatic heterocycles. The summed E-state index contributed by atoms with van der Waals surface area (Å²) in [5.74, 6) is -0.231. The summed E-state index contributed by atoms with van der Waals surface area (Å²) in [5, 5.41) is 2.84. The maximum atomic E-state index is 13.3. The van der Waals surface area contributed by atoms with Crippen molar-refractivity contribution in [2.75, 3.05) is 26.8 Å². The number of benzene rings is 1. The maximum absolute atomic E-state index is 13.3. The minimum atomic E-state index is -0.301. The van der Waals surface area contributed by atoms with E-state index in [0.29, 0.717) is 43.9 Å². The number of amides is 2. The Balaban J connectivity index is 1.59. The van der Waals surface area contributed by atoms with Crippen molar-refractivity contribution in [3.8, 4) is 0 Å². The summed E-state index contributed by atoms with van der Waals surface area (Å²) >= 11 is 0. The molecule has 0 spiro atoms. The second-order valence-corrected chi connectivity index (χ2v) is 7.09. The fourth-order valence-corrected chi connectivity index (χ4v) is 3.67. The van der Waals surface area contributed by atoms with Crippen LogP contribution in [0, 0.1) is 0 Å². The highest BCUT2D eigenvalue weighted by Crippen LogP contribution is 2.22. The number of nitrogens with one attached hydrogen (secondary N) is 1. The van der Waals surface area contributed by atoms with E-state index >= 15 is 0 Å². The van der Waals surface area contributed by atoms with Gasteiger partial charge in [0.1, 0.15) is 0 Å². The Morgan fingerprint density at radius 3 is 2.76 bits per heavy atom. The van der Waals surface area contributed by atoms with Crippen LogP contribution in [0.4, 0.5) is 0 Å². The lowest BCUT2D eigenvalue weighted by atomic mass is 10.00. The number of fused-ring (bicyclic) bond motifs is 2. The van der Waals surface area contributed by atoms with E-state index in [-0.39, 0.29) is 17.6 Å². The predicted molar refractivity (Wildman–Crippen MR) is 109 cm³/mol. The van der Waals surface area contributed by atoms with Gasteiger partial charge in [0.25, 0.3) is 11.8 Å². The minimum absolute atomic E-state index is 0.151. The number of nitrogens with zero attached hydrogens (tertiary/aromatic N) is 3. The molecular formula is C22H24N4O3. The zero-order chi connectivity index (χ0) is 20.2. The molecule has 1 aliphatic rings. The molecule has 0 unspecified atom stereocenters. The van der Waals surface area contributed by atoms with Gasteiger partial charge in [0.2, 0.25) is 5.82 Å². The molecule has 1 aromatic carbocycles. The first-order valence-corrected chi connectivity index (χ1v) is 9.79. The van der Waals surface area contributed by atoms with Gasteiger partial charge in [-0.3, -0.25) is 14.0 Å². The molecule has 0 atom stereocenters. The van der Waals surface area contributed by atoms with Crippen molar-refractivity contribution >= 4 is 17.3 Å². The van der Waals surface area contributed by atoms with Crippen molar-refractivity contribution in [2.24, 2.45) is 0 Å². The van der Waals surface area contributed by atoms with E-state index in [9.17, 15) is 9.59 Å². The van der Waals surface area contributed by atoms with Gasteiger partial charge in [0, 0.05) is 39.5 Å². The maximum Gasteiger partial charge on any atom is 0.287 e. The van der Waals surface area contributed by atoms with Crippen molar-refractivity contribution in [3.05, 3.63) is 71.3 Å². The first kappa shape index (κ1) is 19.1. The van der Waals surface area contributed by atoms with Gasteiger partial charge in [0.15, 0.2) is 5.69 Å². The number of ether oxygens (including phenoxy) is 1. The number of carbonyl (C=O) groups is 2. The van der Waals surface area contributed by atoms with E-state index in [4.69, 9.17) is 4.74 Å². The molecule has 0 aliphatic carbocycles. The van der Waals surface area contributed by atoms with Crippen LogP contribution in [0.2, 0.25) is 0 Å². The van der Waals surface area contributed by atoms with E-state index in [1.807, 2.05) is 30.3 Å². The average Bonchev–Trinajstić information content (AvgIpc) is 3.15. The summed E-state index contributed by atoms with van der Waals surface area (Å²) in [6.45, 7) is 2.25. The van der Waals surface area contributed by atoms with Gasteiger partial charge in [-0.05, 0) is 36.1 Å². The second-order valence-electron chi connectivity index (χ2n) is 7.09. The molecule has 0 saturated carbocycles. The third kappa shape index (κ3) is 3.86. The summed E-state index contributed by atoms with van der Waals surface area (Å²) < 4.78 is 6.68. The molecule has 1 aliphatic heterocycles. The van der Waals surface area contributed by atoms with Gasteiger partial charge in [-0.1, -0.05) is 30.3 Å². The van der Waals surface area contributed by atoms with Gasteiger partial charge in [0.05, 0.1) is 5.52 Å². The molecule has 150 valence electrons. The van der Waals surface area contributed by atoms with E-state index < -0.39 is 0 Å². The van der Waals surface area contributed by atoms with Gasteiger partial charge in [-0.2, -0.15) is 0 Å². The van der Waals surface area contributed by atoms with Crippen molar-refractivity contribution < 1.29 is 14.3 Å². The third-order valence-corrected chi connectivity index (χ3v) is 5.18. The molecule has 0 saturated heterocycles. The summed E-state index contributed by atoms with van der Waals surface area (Å²) in [4.78, 5) is 32.1. The number of aromatic nitrogens is 2.